The number of hydrogen-bond donors (Lipinski definition) is 3. The van der Waals surface area contributed by atoms with Crippen molar-refractivity contribution >= 4 is 46.3 Å². The fourth-order valence-corrected chi connectivity index (χ4v) is 3.54. The SMILES string of the molecule is CC(=N)c1c(NCC2CCOCC2)ncc(C(=O)Nc2ccc(Cl)cc2)c1Cl. The summed E-state index contributed by atoms with van der Waals surface area (Å²) in [5.41, 5.74) is 1.50. The number of amides is 1. The van der Waals surface area contributed by atoms with Gasteiger partial charge in [-0.3, -0.25) is 4.79 Å². The van der Waals surface area contributed by atoms with E-state index in [4.69, 9.17) is 33.3 Å². The van der Waals surface area contributed by atoms with Crippen LogP contribution in [0.4, 0.5) is 11.5 Å². The van der Waals surface area contributed by atoms with Gasteiger partial charge in [0.2, 0.25) is 0 Å². The third-order valence-corrected chi connectivity index (χ3v) is 5.28. The Balaban J connectivity index is 1.78. The molecule has 1 aliphatic rings. The second-order valence-electron chi connectivity index (χ2n) is 6.73. The Kier molecular flexibility index (Phi) is 6.88. The number of aromatic nitrogens is 1. The van der Waals surface area contributed by atoms with E-state index in [1.807, 2.05) is 0 Å². The van der Waals surface area contributed by atoms with Crippen LogP contribution in [0, 0.1) is 11.3 Å². The number of carbonyl (C=O) groups excluding carboxylic acids is 1. The van der Waals surface area contributed by atoms with Crippen LogP contribution in [-0.4, -0.2) is 36.4 Å². The first kappa shape index (κ1) is 20.6. The molecule has 1 aromatic heterocycles. The molecule has 0 radical (unpaired) electrons. The van der Waals surface area contributed by atoms with Crippen molar-refractivity contribution in [3.63, 3.8) is 0 Å². The Morgan fingerprint density at radius 2 is 1.93 bits per heavy atom. The van der Waals surface area contributed by atoms with E-state index in [0.29, 0.717) is 28.0 Å². The van der Waals surface area contributed by atoms with E-state index in [1.165, 1.54) is 6.20 Å². The molecule has 1 saturated heterocycles. The summed E-state index contributed by atoms with van der Waals surface area (Å²) in [5.74, 6) is 0.617. The molecule has 1 fully saturated rings. The van der Waals surface area contributed by atoms with Crippen LogP contribution in [0.2, 0.25) is 10.0 Å². The zero-order valence-electron chi connectivity index (χ0n) is 15.5. The maximum absolute atomic E-state index is 12.6. The summed E-state index contributed by atoms with van der Waals surface area (Å²) in [4.78, 5) is 17.0. The molecule has 0 saturated carbocycles. The van der Waals surface area contributed by atoms with Crippen molar-refractivity contribution < 1.29 is 9.53 Å². The Bertz CT molecular complexity index is 865. The highest BCUT2D eigenvalue weighted by atomic mass is 35.5. The van der Waals surface area contributed by atoms with E-state index >= 15 is 0 Å². The zero-order valence-corrected chi connectivity index (χ0v) is 17.0. The molecule has 148 valence electrons. The molecule has 0 atom stereocenters. The van der Waals surface area contributed by atoms with Gasteiger partial charge in [0.25, 0.3) is 5.91 Å². The Hall–Kier alpha value is -2.15. The van der Waals surface area contributed by atoms with Crippen LogP contribution in [0.3, 0.4) is 0 Å². The van der Waals surface area contributed by atoms with Gasteiger partial charge in [0.1, 0.15) is 5.82 Å². The summed E-state index contributed by atoms with van der Waals surface area (Å²) in [6, 6.07) is 6.78. The maximum Gasteiger partial charge on any atom is 0.258 e. The number of pyridine rings is 1. The molecule has 0 spiro atoms. The predicted octanol–water partition coefficient (Wildman–Crippen LogP) is 4.87. The first-order valence-corrected chi connectivity index (χ1v) is 9.84. The van der Waals surface area contributed by atoms with Crippen LogP contribution in [0.1, 0.15) is 35.7 Å². The fraction of sp³-hybridized carbons (Fsp3) is 0.350. The molecule has 2 heterocycles. The number of rotatable bonds is 6. The van der Waals surface area contributed by atoms with Crippen molar-refractivity contribution in [3.8, 4) is 0 Å². The molecule has 1 aliphatic heterocycles. The van der Waals surface area contributed by atoms with Gasteiger partial charge in [-0.05, 0) is 49.9 Å². The van der Waals surface area contributed by atoms with Crippen LogP contribution >= 0.6 is 23.2 Å². The van der Waals surface area contributed by atoms with E-state index in [1.54, 1.807) is 31.2 Å². The number of benzene rings is 1. The van der Waals surface area contributed by atoms with E-state index in [2.05, 4.69) is 15.6 Å². The topological polar surface area (TPSA) is 87.1 Å². The molecule has 6 nitrogen and oxygen atoms in total. The summed E-state index contributed by atoms with van der Waals surface area (Å²) in [6.07, 6.45) is 3.41. The molecule has 2 aromatic rings. The molecule has 3 N–H and O–H groups in total. The molecule has 0 aliphatic carbocycles. The highest BCUT2D eigenvalue weighted by Crippen LogP contribution is 2.28. The summed E-state index contributed by atoms with van der Waals surface area (Å²) in [7, 11) is 0. The lowest BCUT2D eigenvalue weighted by atomic mass is 10.0. The number of ether oxygens (including phenoxy) is 1. The minimum Gasteiger partial charge on any atom is -0.381 e. The van der Waals surface area contributed by atoms with Crippen LogP contribution in [0.5, 0.6) is 0 Å². The quantitative estimate of drug-likeness (QED) is 0.581. The fourth-order valence-electron chi connectivity index (χ4n) is 3.05. The third-order valence-electron chi connectivity index (χ3n) is 4.64. The van der Waals surface area contributed by atoms with Gasteiger partial charge in [0.15, 0.2) is 0 Å². The van der Waals surface area contributed by atoms with Crippen molar-refractivity contribution in [2.24, 2.45) is 5.92 Å². The number of carbonyl (C=O) groups is 1. The largest absolute Gasteiger partial charge is 0.381 e. The van der Waals surface area contributed by atoms with Crippen LogP contribution in [0.25, 0.3) is 0 Å². The Morgan fingerprint density at radius 1 is 1.25 bits per heavy atom. The number of nitrogens with zero attached hydrogens (tertiary/aromatic N) is 1. The van der Waals surface area contributed by atoms with E-state index in [-0.39, 0.29) is 16.3 Å². The minimum atomic E-state index is -0.390. The third kappa shape index (κ3) is 5.01. The standard InChI is InChI=1S/C20H22Cl2N4O2/c1-12(23)17-18(22)16(20(27)26-15-4-2-14(21)3-5-15)11-25-19(17)24-10-13-6-8-28-9-7-13/h2-5,11,13,23H,6-10H2,1H3,(H,24,25)(H,26,27). The average Bonchev–Trinajstić information content (AvgIpc) is 2.68. The molecule has 28 heavy (non-hydrogen) atoms. The minimum absolute atomic E-state index is 0.212. The van der Waals surface area contributed by atoms with Gasteiger partial charge in [-0.2, -0.15) is 0 Å². The van der Waals surface area contributed by atoms with E-state index in [9.17, 15) is 4.79 Å². The van der Waals surface area contributed by atoms with Gasteiger partial charge in [-0.15, -0.1) is 0 Å². The van der Waals surface area contributed by atoms with Crippen molar-refractivity contribution in [2.45, 2.75) is 19.8 Å². The summed E-state index contributed by atoms with van der Waals surface area (Å²) in [6.45, 7) is 3.88. The van der Waals surface area contributed by atoms with Gasteiger partial charge < -0.3 is 20.8 Å². The van der Waals surface area contributed by atoms with Crippen LogP contribution in [0.15, 0.2) is 30.5 Å². The number of halogens is 2. The molecule has 0 unspecified atom stereocenters. The van der Waals surface area contributed by atoms with Crippen molar-refractivity contribution in [2.75, 3.05) is 30.4 Å². The molecule has 1 amide bonds. The molecule has 8 heteroatoms. The first-order chi connectivity index (χ1) is 13.5. The van der Waals surface area contributed by atoms with Crippen LogP contribution in [-0.2, 0) is 4.74 Å². The maximum atomic E-state index is 12.6. The van der Waals surface area contributed by atoms with Gasteiger partial charge in [0.05, 0.1) is 16.1 Å². The summed E-state index contributed by atoms with van der Waals surface area (Å²) >= 11 is 12.4. The van der Waals surface area contributed by atoms with Gasteiger partial charge in [-0.1, -0.05) is 23.2 Å². The van der Waals surface area contributed by atoms with Gasteiger partial charge in [-0.25, -0.2) is 4.98 Å². The summed E-state index contributed by atoms with van der Waals surface area (Å²) < 4.78 is 5.38. The zero-order chi connectivity index (χ0) is 20.1. The Labute approximate surface area is 174 Å². The molecule has 0 bridgehead atoms. The van der Waals surface area contributed by atoms with Crippen LogP contribution < -0.4 is 10.6 Å². The molecular formula is C20H22Cl2N4O2. The highest BCUT2D eigenvalue weighted by Gasteiger charge is 2.21. The molecule has 3 rings (SSSR count). The van der Waals surface area contributed by atoms with E-state index in [0.717, 1.165) is 32.6 Å². The van der Waals surface area contributed by atoms with Gasteiger partial charge in [0, 0.05) is 42.4 Å². The number of hydrogen-bond acceptors (Lipinski definition) is 5. The monoisotopic (exact) mass is 420 g/mol. The Morgan fingerprint density at radius 3 is 2.57 bits per heavy atom. The van der Waals surface area contributed by atoms with Crippen molar-refractivity contribution in [1.29, 1.82) is 5.41 Å². The normalized spacial score (nSPS) is 14.5. The van der Waals surface area contributed by atoms with Crippen molar-refractivity contribution in [1.82, 2.24) is 4.98 Å². The second-order valence-corrected chi connectivity index (χ2v) is 7.55. The van der Waals surface area contributed by atoms with E-state index < -0.39 is 5.91 Å². The summed E-state index contributed by atoms with van der Waals surface area (Å²) in [5, 5.41) is 14.9. The average molecular weight is 421 g/mol. The molecule has 1 aromatic carbocycles. The van der Waals surface area contributed by atoms with Crippen molar-refractivity contribution in [3.05, 3.63) is 51.6 Å². The lowest BCUT2D eigenvalue weighted by Crippen LogP contribution is -2.24. The number of anilines is 2. The number of nitrogens with one attached hydrogen (secondary N) is 3. The first-order valence-electron chi connectivity index (χ1n) is 9.08. The van der Waals surface area contributed by atoms with Gasteiger partial charge >= 0.3 is 0 Å². The second kappa shape index (κ2) is 9.37. The lowest BCUT2D eigenvalue weighted by Gasteiger charge is -2.23. The molecular weight excluding hydrogens is 399 g/mol. The smallest absolute Gasteiger partial charge is 0.258 e. The highest BCUT2D eigenvalue weighted by molar-refractivity contribution is 6.38. The predicted molar refractivity (Wildman–Crippen MR) is 113 cm³/mol. The lowest BCUT2D eigenvalue weighted by molar-refractivity contribution is 0.0699.